The van der Waals surface area contributed by atoms with Gasteiger partial charge in [0.1, 0.15) is 0 Å². The molecule has 2 aliphatic rings. The normalized spacial score (nSPS) is 21.0. The molecule has 4 rings (SSSR count). The van der Waals surface area contributed by atoms with Gasteiger partial charge in [0.2, 0.25) is 11.8 Å². The van der Waals surface area contributed by atoms with Gasteiger partial charge in [-0.25, -0.2) is 0 Å². The standard InChI is InChI=1S/C22H20ClN3O2/c1-14-12-26(20-6-5-15(10-23)8-19(14)20)22(28)17-9-21(27)25(13-17)18-4-2-3-16(7-18)11-24/h2-8,14,17H,9-10,12-13H2,1H3. The lowest BCUT2D eigenvalue weighted by Gasteiger charge is -2.22. The summed E-state index contributed by atoms with van der Waals surface area (Å²) in [5.74, 6) is 0.198. The number of rotatable bonds is 3. The summed E-state index contributed by atoms with van der Waals surface area (Å²) >= 11 is 5.95. The summed E-state index contributed by atoms with van der Waals surface area (Å²) in [7, 11) is 0. The van der Waals surface area contributed by atoms with Crippen LogP contribution >= 0.6 is 11.6 Å². The van der Waals surface area contributed by atoms with Crippen LogP contribution in [-0.2, 0) is 15.5 Å². The lowest BCUT2D eigenvalue weighted by Crippen LogP contribution is -2.36. The summed E-state index contributed by atoms with van der Waals surface area (Å²) in [6, 6.07) is 15.0. The van der Waals surface area contributed by atoms with Gasteiger partial charge < -0.3 is 9.80 Å². The summed E-state index contributed by atoms with van der Waals surface area (Å²) in [5.41, 5.74) is 4.26. The van der Waals surface area contributed by atoms with E-state index in [9.17, 15) is 9.59 Å². The van der Waals surface area contributed by atoms with E-state index in [1.54, 1.807) is 29.2 Å². The fourth-order valence-corrected chi connectivity index (χ4v) is 4.26. The maximum absolute atomic E-state index is 13.2. The smallest absolute Gasteiger partial charge is 0.232 e. The van der Waals surface area contributed by atoms with Gasteiger partial charge in [-0.15, -0.1) is 11.6 Å². The first kappa shape index (κ1) is 18.5. The Morgan fingerprint density at radius 1 is 1.25 bits per heavy atom. The zero-order valence-corrected chi connectivity index (χ0v) is 16.3. The molecular formula is C22H20ClN3O2. The molecule has 2 unspecified atom stereocenters. The van der Waals surface area contributed by atoms with Gasteiger partial charge in [-0.05, 0) is 35.4 Å². The van der Waals surface area contributed by atoms with Gasteiger partial charge in [-0.3, -0.25) is 9.59 Å². The van der Waals surface area contributed by atoms with Crippen molar-refractivity contribution in [1.82, 2.24) is 0 Å². The Labute approximate surface area is 169 Å². The Morgan fingerprint density at radius 2 is 2.07 bits per heavy atom. The third-order valence-electron chi connectivity index (χ3n) is 5.55. The molecule has 0 bridgehead atoms. The first-order valence-corrected chi connectivity index (χ1v) is 9.86. The first-order chi connectivity index (χ1) is 13.5. The number of alkyl halides is 1. The molecule has 2 atom stereocenters. The molecule has 0 aromatic heterocycles. The lowest BCUT2D eigenvalue weighted by atomic mass is 10.0. The van der Waals surface area contributed by atoms with E-state index in [1.165, 1.54) is 0 Å². The molecule has 0 radical (unpaired) electrons. The molecular weight excluding hydrogens is 374 g/mol. The highest BCUT2D eigenvalue weighted by molar-refractivity contribution is 6.17. The number of hydrogen-bond donors (Lipinski definition) is 0. The summed E-state index contributed by atoms with van der Waals surface area (Å²) in [4.78, 5) is 29.2. The van der Waals surface area contributed by atoms with E-state index < -0.39 is 0 Å². The molecule has 2 amide bonds. The maximum Gasteiger partial charge on any atom is 0.232 e. The van der Waals surface area contributed by atoms with Crippen LogP contribution < -0.4 is 9.80 Å². The number of nitriles is 1. The van der Waals surface area contributed by atoms with Gasteiger partial charge in [0.25, 0.3) is 0 Å². The van der Waals surface area contributed by atoms with Crippen LogP contribution in [0.1, 0.15) is 36.0 Å². The van der Waals surface area contributed by atoms with Gasteiger partial charge in [0.05, 0.1) is 17.6 Å². The predicted octanol–water partition coefficient (Wildman–Crippen LogP) is 3.80. The average Bonchev–Trinajstić information content (AvgIpc) is 3.27. The van der Waals surface area contributed by atoms with Gasteiger partial charge in [0.15, 0.2) is 0 Å². The highest BCUT2D eigenvalue weighted by Crippen LogP contribution is 2.39. The van der Waals surface area contributed by atoms with Crippen molar-refractivity contribution in [2.45, 2.75) is 25.1 Å². The second-order valence-corrected chi connectivity index (χ2v) is 7.71. The van der Waals surface area contributed by atoms with Gasteiger partial charge in [-0.1, -0.05) is 25.1 Å². The van der Waals surface area contributed by atoms with Crippen LogP contribution in [0.5, 0.6) is 0 Å². The van der Waals surface area contributed by atoms with E-state index >= 15 is 0 Å². The molecule has 0 aliphatic carbocycles. The number of carbonyl (C=O) groups is 2. The van der Waals surface area contributed by atoms with Gasteiger partial charge >= 0.3 is 0 Å². The molecule has 0 spiro atoms. The largest absolute Gasteiger partial charge is 0.312 e. The molecule has 2 aromatic rings. The van der Waals surface area contributed by atoms with Crippen molar-refractivity contribution in [1.29, 1.82) is 5.26 Å². The van der Waals surface area contributed by atoms with Crippen molar-refractivity contribution in [3.63, 3.8) is 0 Å². The number of anilines is 2. The number of benzene rings is 2. The fourth-order valence-electron chi connectivity index (χ4n) is 4.09. The van der Waals surface area contributed by atoms with E-state index in [4.69, 9.17) is 16.9 Å². The lowest BCUT2D eigenvalue weighted by molar-refractivity contribution is -0.124. The van der Waals surface area contributed by atoms with Gasteiger partial charge in [0, 0.05) is 42.7 Å². The molecule has 0 N–H and O–H groups in total. The van der Waals surface area contributed by atoms with E-state index in [-0.39, 0.29) is 30.1 Å². The average molecular weight is 394 g/mol. The first-order valence-electron chi connectivity index (χ1n) is 9.32. The molecule has 28 heavy (non-hydrogen) atoms. The van der Waals surface area contributed by atoms with Crippen molar-refractivity contribution in [3.05, 3.63) is 59.2 Å². The molecule has 2 aliphatic heterocycles. The van der Waals surface area contributed by atoms with E-state index in [0.29, 0.717) is 30.2 Å². The molecule has 0 saturated carbocycles. The fraction of sp³-hybridized carbons (Fsp3) is 0.318. The number of fused-ring (bicyclic) bond motifs is 1. The molecule has 1 saturated heterocycles. The van der Waals surface area contributed by atoms with Crippen LogP contribution in [0.15, 0.2) is 42.5 Å². The Bertz CT molecular complexity index is 998. The molecule has 6 heteroatoms. The van der Waals surface area contributed by atoms with Crippen LogP contribution in [0, 0.1) is 17.2 Å². The molecule has 1 fully saturated rings. The molecule has 5 nitrogen and oxygen atoms in total. The van der Waals surface area contributed by atoms with E-state index in [0.717, 1.165) is 16.8 Å². The molecule has 142 valence electrons. The second-order valence-electron chi connectivity index (χ2n) is 7.44. The minimum Gasteiger partial charge on any atom is -0.312 e. The topological polar surface area (TPSA) is 64.4 Å². The summed E-state index contributed by atoms with van der Waals surface area (Å²) in [6.45, 7) is 3.06. The Morgan fingerprint density at radius 3 is 2.82 bits per heavy atom. The monoisotopic (exact) mass is 393 g/mol. The number of halogens is 1. The number of carbonyl (C=O) groups excluding carboxylic acids is 2. The number of hydrogen-bond acceptors (Lipinski definition) is 3. The van der Waals surface area contributed by atoms with Crippen molar-refractivity contribution in [2.24, 2.45) is 5.92 Å². The van der Waals surface area contributed by atoms with Crippen molar-refractivity contribution < 1.29 is 9.59 Å². The summed E-state index contributed by atoms with van der Waals surface area (Å²) < 4.78 is 0. The summed E-state index contributed by atoms with van der Waals surface area (Å²) in [6.07, 6.45) is 0.190. The van der Waals surface area contributed by atoms with Crippen LogP contribution in [0.25, 0.3) is 0 Å². The zero-order chi connectivity index (χ0) is 19.8. The molecule has 2 aromatic carbocycles. The quantitative estimate of drug-likeness (QED) is 0.745. The Balaban J connectivity index is 1.56. The Hall–Kier alpha value is -2.84. The van der Waals surface area contributed by atoms with Crippen molar-refractivity contribution in [3.8, 4) is 6.07 Å². The second kappa shape index (κ2) is 7.29. The van der Waals surface area contributed by atoms with Crippen LogP contribution in [-0.4, -0.2) is 24.9 Å². The SMILES string of the molecule is CC1CN(C(=O)C2CC(=O)N(c3cccc(C#N)c3)C2)c2ccc(CCl)cc21. The van der Waals surface area contributed by atoms with Crippen LogP contribution in [0.4, 0.5) is 11.4 Å². The van der Waals surface area contributed by atoms with Crippen molar-refractivity contribution >= 4 is 34.8 Å². The van der Waals surface area contributed by atoms with E-state index in [2.05, 4.69) is 19.1 Å². The van der Waals surface area contributed by atoms with Crippen molar-refractivity contribution in [2.75, 3.05) is 22.9 Å². The third-order valence-corrected chi connectivity index (χ3v) is 5.86. The predicted molar refractivity (Wildman–Crippen MR) is 108 cm³/mol. The van der Waals surface area contributed by atoms with Gasteiger partial charge in [-0.2, -0.15) is 5.26 Å². The van der Waals surface area contributed by atoms with Crippen LogP contribution in [0.2, 0.25) is 0 Å². The van der Waals surface area contributed by atoms with E-state index in [1.807, 2.05) is 17.0 Å². The minimum atomic E-state index is -0.385. The highest BCUT2D eigenvalue weighted by Gasteiger charge is 2.40. The van der Waals surface area contributed by atoms with Crippen LogP contribution in [0.3, 0.4) is 0 Å². The minimum absolute atomic E-state index is 0.0171. The maximum atomic E-state index is 13.2. The number of nitrogens with zero attached hydrogens (tertiary/aromatic N) is 3. The number of amides is 2. The molecule has 2 heterocycles. The zero-order valence-electron chi connectivity index (χ0n) is 15.6. The third kappa shape index (κ3) is 3.14. The Kier molecular flexibility index (Phi) is 4.82. The summed E-state index contributed by atoms with van der Waals surface area (Å²) in [5, 5.41) is 9.09. The highest BCUT2D eigenvalue weighted by atomic mass is 35.5.